The van der Waals surface area contributed by atoms with E-state index in [1.54, 1.807) is 0 Å². The molecule has 0 radical (unpaired) electrons. The van der Waals surface area contributed by atoms with Gasteiger partial charge in [0.15, 0.2) is 0 Å². The van der Waals surface area contributed by atoms with Crippen LogP contribution in [0.2, 0.25) is 0 Å². The van der Waals surface area contributed by atoms with Gasteiger partial charge >= 0.3 is 0 Å². The van der Waals surface area contributed by atoms with E-state index in [0.29, 0.717) is 24.0 Å². The second kappa shape index (κ2) is 6.02. The summed E-state index contributed by atoms with van der Waals surface area (Å²) >= 11 is 0. The molecule has 0 aromatic rings. The molecule has 3 aliphatic heterocycles. The number of carbonyl (C=O) groups is 1. The molecule has 3 aliphatic rings. The average Bonchev–Trinajstić information content (AvgIpc) is 2.73. The number of nitrogens with zero attached hydrogens (tertiary/aromatic N) is 2. The summed E-state index contributed by atoms with van der Waals surface area (Å²) in [5.74, 6) is 0.728. The molecule has 0 spiro atoms. The van der Waals surface area contributed by atoms with Crippen LogP contribution in [0.1, 0.15) is 46.0 Å². The van der Waals surface area contributed by atoms with E-state index in [-0.39, 0.29) is 5.92 Å². The Bertz CT molecular complexity index is 360. The highest BCUT2D eigenvalue weighted by atomic mass is 16.2. The van der Waals surface area contributed by atoms with Crippen molar-refractivity contribution >= 4 is 5.91 Å². The van der Waals surface area contributed by atoms with Crippen molar-refractivity contribution in [1.82, 2.24) is 15.1 Å². The van der Waals surface area contributed by atoms with Crippen molar-refractivity contribution in [3.63, 3.8) is 0 Å². The number of likely N-dealkylation sites (tertiary alicyclic amines) is 1. The highest BCUT2D eigenvalue weighted by Crippen LogP contribution is 2.33. The van der Waals surface area contributed by atoms with E-state index < -0.39 is 0 Å². The van der Waals surface area contributed by atoms with E-state index in [1.807, 2.05) is 0 Å². The Kier molecular flexibility index (Phi) is 4.32. The SMILES string of the molecule is CCN1CCC2CCC(C1)N2C(=O)[C@H]1CCN[C@@H](C)C1. The number of carbonyl (C=O) groups excluding carboxylic acids is 1. The molecule has 4 heteroatoms. The number of rotatable bonds is 2. The molecule has 3 heterocycles. The summed E-state index contributed by atoms with van der Waals surface area (Å²) in [6.07, 6.45) is 5.67. The monoisotopic (exact) mass is 279 g/mol. The van der Waals surface area contributed by atoms with E-state index in [9.17, 15) is 4.79 Å². The lowest BCUT2D eigenvalue weighted by Gasteiger charge is -2.35. The molecule has 2 unspecified atom stereocenters. The minimum Gasteiger partial charge on any atom is -0.335 e. The fourth-order valence-electron chi connectivity index (χ4n) is 4.36. The predicted octanol–water partition coefficient (Wildman–Crippen LogP) is 1.46. The number of hydrogen-bond acceptors (Lipinski definition) is 3. The molecule has 3 rings (SSSR count). The third-order valence-electron chi connectivity index (χ3n) is 5.54. The van der Waals surface area contributed by atoms with E-state index in [1.165, 1.54) is 25.8 Å². The average molecular weight is 279 g/mol. The molecule has 2 bridgehead atoms. The largest absolute Gasteiger partial charge is 0.335 e. The van der Waals surface area contributed by atoms with Crippen LogP contribution >= 0.6 is 0 Å². The first-order valence-electron chi connectivity index (χ1n) is 8.47. The number of amides is 1. The fraction of sp³-hybridized carbons (Fsp3) is 0.938. The van der Waals surface area contributed by atoms with Gasteiger partial charge in [0.1, 0.15) is 0 Å². The summed E-state index contributed by atoms with van der Waals surface area (Å²) in [4.78, 5) is 17.8. The van der Waals surface area contributed by atoms with Gasteiger partial charge in [0.25, 0.3) is 0 Å². The number of fused-ring (bicyclic) bond motifs is 2. The van der Waals surface area contributed by atoms with Gasteiger partial charge in [-0.25, -0.2) is 0 Å². The van der Waals surface area contributed by atoms with Gasteiger partial charge in [-0.15, -0.1) is 0 Å². The molecule has 0 aromatic carbocycles. The van der Waals surface area contributed by atoms with E-state index in [0.717, 1.165) is 32.5 Å². The summed E-state index contributed by atoms with van der Waals surface area (Å²) in [7, 11) is 0. The highest BCUT2D eigenvalue weighted by Gasteiger charge is 2.42. The van der Waals surface area contributed by atoms with E-state index >= 15 is 0 Å². The van der Waals surface area contributed by atoms with Crippen molar-refractivity contribution in [2.45, 2.75) is 64.1 Å². The van der Waals surface area contributed by atoms with Crippen LogP contribution in [0, 0.1) is 5.92 Å². The zero-order chi connectivity index (χ0) is 14.1. The van der Waals surface area contributed by atoms with Crippen LogP contribution in [-0.2, 0) is 4.79 Å². The van der Waals surface area contributed by atoms with Gasteiger partial charge in [0.05, 0.1) is 0 Å². The Hall–Kier alpha value is -0.610. The molecule has 4 nitrogen and oxygen atoms in total. The molecule has 0 saturated carbocycles. The van der Waals surface area contributed by atoms with Crippen molar-refractivity contribution in [3.8, 4) is 0 Å². The quantitative estimate of drug-likeness (QED) is 0.831. The molecular weight excluding hydrogens is 250 g/mol. The lowest BCUT2D eigenvalue weighted by molar-refractivity contribution is -0.139. The van der Waals surface area contributed by atoms with Gasteiger partial charge in [-0.1, -0.05) is 6.92 Å². The first-order valence-corrected chi connectivity index (χ1v) is 8.47. The van der Waals surface area contributed by atoms with Crippen molar-refractivity contribution in [2.24, 2.45) is 5.92 Å². The van der Waals surface area contributed by atoms with Crippen LogP contribution < -0.4 is 5.32 Å². The van der Waals surface area contributed by atoms with Gasteiger partial charge in [-0.05, 0) is 52.1 Å². The number of nitrogens with one attached hydrogen (secondary N) is 1. The summed E-state index contributed by atoms with van der Waals surface area (Å²) in [6, 6.07) is 1.50. The van der Waals surface area contributed by atoms with E-state index in [4.69, 9.17) is 0 Å². The van der Waals surface area contributed by atoms with Gasteiger partial charge in [-0.2, -0.15) is 0 Å². The number of likely N-dealkylation sites (N-methyl/N-ethyl adjacent to an activating group) is 1. The third-order valence-corrected chi connectivity index (χ3v) is 5.54. The molecule has 4 atom stereocenters. The maximum absolute atomic E-state index is 13.0. The molecule has 3 fully saturated rings. The first kappa shape index (κ1) is 14.3. The molecule has 1 amide bonds. The Morgan fingerprint density at radius 2 is 2.00 bits per heavy atom. The molecule has 0 aromatic heterocycles. The second-order valence-corrected chi connectivity index (χ2v) is 6.89. The molecule has 3 saturated heterocycles. The van der Waals surface area contributed by atoms with Crippen LogP contribution in [0.5, 0.6) is 0 Å². The molecule has 1 N–H and O–H groups in total. The fourth-order valence-corrected chi connectivity index (χ4v) is 4.36. The summed E-state index contributed by atoms with van der Waals surface area (Å²) < 4.78 is 0. The smallest absolute Gasteiger partial charge is 0.226 e. The summed E-state index contributed by atoms with van der Waals surface area (Å²) in [5, 5.41) is 3.46. The first-order chi connectivity index (χ1) is 9.69. The molecular formula is C16H29N3O. The van der Waals surface area contributed by atoms with Crippen LogP contribution in [0.25, 0.3) is 0 Å². The van der Waals surface area contributed by atoms with Crippen molar-refractivity contribution < 1.29 is 4.79 Å². The Balaban J connectivity index is 1.70. The van der Waals surface area contributed by atoms with Crippen molar-refractivity contribution in [1.29, 1.82) is 0 Å². The zero-order valence-corrected chi connectivity index (χ0v) is 13.0. The minimum absolute atomic E-state index is 0.266. The number of piperidine rings is 1. The lowest BCUT2D eigenvalue weighted by atomic mass is 9.91. The van der Waals surface area contributed by atoms with Gasteiger partial charge in [0, 0.05) is 37.1 Å². The Labute approximate surface area is 122 Å². The third kappa shape index (κ3) is 2.73. The Morgan fingerprint density at radius 3 is 2.75 bits per heavy atom. The molecule has 0 aliphatic carbocycles. The summed E-state index contributed by atoms with van der Waals surface area (Å²) in [5.41, 5.74) is 0. The Morgan fingerprint density at radius 1 is 1.20 bits per heavy atom. The van der Waals surface area contributed by atoms with Crippen molar-refractivity contribution in [3.05, 3.63) is 0 Å². The standard InChI is InChI=1S/C16H29N3O/c1-3-18-9-7-14-4-5-15(11-18)19(14)16(20)13-6-8-17-12(2)10-13/h12-15,17H,3-11H2,1-2H3/t12-,13-,14?,15?/m0/s1. The summed E-state index contributed by atoms with van der Waals surface area (Å²) in [6.45, 7) is 8.83. The maximum atomic E-state index is 13.0. The molecule has 20 heavy (non-hydrogen) atoms. The lowest BCUT2D eigenvalue weighted by Crippen LogP contribution is -2.49. The van der Waals surface area contributed by atoms with Gasteiger partial charge < -0.3 is 15.1 Å². The minimum atomic E-state index is 0.266. The van der Waals surface area contributed by atoms with Crippen LogP contribution in [0.15, 0.2) is 0 Å². The van der Waals surface area contributed by atoms with Gasteiger partial charge in [-0.3, -0.25) is 4.79 Å². The highest BCUT2D eigenvalue weighted by molar-refractivity contribution is 5.80. The van der Waals surface area contributed by atoms with Crippen LogP contribution in [-0.4, -0.2) is 60.0 Å². The predicted molar refractivity (Wildman–Crippen MR) is 80.6 cm³/mol. The normalized spacial score (nSPS) is 38.8. The van der Waals surface area contributed by atoms with Gasteiger partial charge in [0.2, 0.25) is 5.91 Å². The number of hydrogen-bond donors (Lipinski definition) is 1. The van der Waals surface area contributed by atoms with Crippen molar-refractivity contribution in [2.75, 3.05) is 26.2 Å². The van der Waals surface area contributed by atoms with E-state index in [2.05, 4.69) is 29.0 Å². The van der Waals surface area contributed by atoms with Crippen LogP contribution in [0.4, 0.5) is 0 Å². The zero-order valence-electron chi connectivity index (χ0n) is 13.0. The second-order valence-electron chi connectivity index (χ2n) is 6.89. The van der Waals surface area contributed by atoms with Crippen LogP contribution in [0.3, 0.4) is 0 Å². The maximum Gasteiger partial charge on any atom is 0.226 e. The molecule has 114 valence electrons. The topological polar surface area (TPSA) is 35.6 Å².